The van der Waals surface area contributed by atoms with Crippen molar-refractivity contribution < 1.29 is 9.47 Å². The first-order valence-electron chi connectivity index (χ1n) is 9.34. The summed E-state index contributed by atoms with van der Waals surface area (Å²) in [4.78, 5) is 2.46. The molecular formula is C21H23N3O2. The minimum absolute atomic E-state index is 0.0600. The smallest absolute Gasteiger partial charge is 0.233 e. The number of hydrogen-bond donors (Lipinski definition) is 0. The van der Waals surface area contributed by atoms with Gasteiger partial charge in [0.2, 0.25) is 5.88 Å². The molecule has 4 heterocycles. The number of nitrogens with zero attached hydrogens (tertiary/aromatic N) is 3. The van der Waals surface area contributed by atoms with Crippen LogP contribution in [0.5, 0.6) is 5.88 Å². The lowest BCUT2D eigenvalue weighted by atomic mass is 9.84. The molecule has 0 radical (unpaired) electrons. The third-order valence-corrected chi connectivity index (χ3v) is 5.68. The highest BCUT2D eigenvalue weighted by molar-refractivity contribution is 5.48. The maximum Gasteiger partial charge on any atom is 0.233 e. The fourth-order valence-electron chi connectivity index (χ4n) is 4.20. The molecule has 1 aromatic carbocycles. The zero-order chi connectivity index (χ0) is 17.4. The highest BCUT2D eigenvalue weighted by Crippen LogP contribution is 2.43. The third kappa shape index (κ3) is 2.77. The number of ether oxygens (including phenoxy) is 2. The molecule has 0 atom stereocenters. The maximum atomic E-state index is 6.24. The van der Waals surface area contributed by atoms with Gasteiger partial charge in [0, 0.05) is 31.9 Å². The number of benzene rings is 1. The molecule has 5 heteroatoms. The van der Waals surface area contributed by atoms with Crippen LogP contribution in [0.4, 0.5) is 0 Å². The summed E-state index contributed by atoms with van der Waals surface area (Å²) < 4.78 is 13.9. The van der Waals surface area contributed by atoms with Gasteiger partial charge in [-0.05, 0) is 36.1 Å². The molecule has 1 spiro atoms. The van der Waals surface area contributed by atoms with Crippen molar-refractivity contribution >= 4 is 5.52 Å². The van der Waals surface area contributed by atoms with Gasteiger partial charge in [-0.1, -0.05) is 30.3 Å². The molecule has 1 saturated heterocycles. The molecule has 5 nitrogen and oxygen atoms in total. The van der Waals surface area contributed by atoms with Crippen molar-refractivity contribution in [3.05, 3.63) is 65.9 Å². The van der Waals surface area contributed by atoms with Crippen molar-refractivity contribution in [2.75, 3.05) is 26.2 Å². The average Bonchev–Trinajstić information content (AvgIpc) is 3.25. The van der Waals surface area contributed by atoms with E-state index in [4.69, 9.17) is 9.47 Å². The lowest BCUT2D eigenvalue weighted by molar-refractivity contribution is -0.0796. The molecule has 3 aromatic rings. The van der Waals surface area contributed by atoms with E-state index in [0.29, 0.717) is 12.5 Å². The first-order chi connectivity index (χ1) is 12.8. The summed E-state index contributed by atoms with van der Waals surface area (Å²) in [6.45, 7) is 4.43. The predicted molar refractivity (Wildman–Crippen MR) is 99.3 cm³/mol. The SMILES string of the molecule is c1ccc2c(c1)COC21CCN(CCOc2cc3ccccn3n2)CC1. The summed E-state index contributed by atoms with van der Waals surface area (Å²) >= 11 is 0. The van der Waals surface area contributed by atoms with E-state index in [1.807, 2.05) is 35.0 Å². The van der Waals surface area contributed by atoms with E-state index in [-0.39, 0.29) is 5.60 Å². The van der Waals surface area contributed by atoms with E-state index in [0.717, 1.165) is 44.6 Å². The van der Waals surface area contributed by atoms with Gasteiger partial charge in [0.15, 0.2) is 0 Å². The Morgan fingerprint density at radius 3 is 2.81 bits per heavy atom. The van der Waals surface area contributed by atoms with Gasteiger partial charge in [0.1, 0.15) is 6.61 Å². The van der Waals surface area contributed by atoms with E-state index in [9.17, 15) is 0 Å². The van der Waals surface area contributed by atoms with Gasteiger partial charge in [0.05, 0.1) is 17.7 Å². The molecule has 2 aromatic heterocycles. The summed E-state index contributed by atoms with van der Waals surface area (Å²) in [6.07, 6.45) is 4.04. The molecule has 0 bridgehead atoms. The van der Waals surface area contributed by atoms with Crippen molar-refractivity contribution in [2.24, 2.45) is 0 Å². The quantitative estimate of drug-likeness (QED) is 0.725. The van der Waals surface area contributed by atoms with Gasteiger partial charge in [-0.25, -0.2) is 4.52 Å². The van der Waals surface area contributed by atoms with Gasteiger partial charge in [-0.15, -0.1) is 5.10 Å². The monoisotopic (exact) mass is 349 g/mol. The van der Waals surface area contributed by atoms with Crippen LogP contribution in [0.3, 0.4) is 0 Å². The largest absolute Gasteiger partial charge is 0.475 e. The zero-order valence-electron chi connectivity index (χ0n) is 14.8. The van der Waals surface area contributed by atoms with Crippen LogP contribution in [0.15, 0.2) is 54.7 Å². The number of rotatable bonds is 4. The summed E-state index contributed by atoms with van der Waals surface area (Å²) in [5.74, 6) is 0.692. The zero-order valence-corrected chi connectivity index (χ0v) is 14.8. The molecule has 2 aliphatic heterocycles. The lowest BCUT2D eigenvalue weighted by Gasteiger charge is -2.39. The molecule has 0 N–H and O–H groups in total. The van der Waals surface area contributed by atoms with Gasteiger partial charge in [-0.2, -0.15) is 0 Å². The number of aromatic nitrogens is 2. The highest BCUT2D eigenvalue weighted by Gasteiger charge is 2.42. The highest BCUT2D eigenvalue weighted by atomic mass is 16.5. The Hall–Kier alpha value is -2.37. The van der Waals surface area contributed by atoms with E-state index < -0.39 is 0 Å². The van der Waals surface area contributed by atoms with Crippen LogP contribution in [0, 0.1) is 0 Å². The van der Waals surface area contributed by atoms with Crippen LogP contribution in [-0.4, -0.2) is 40.8 Å². The summed E-state index contributed by atoms with van der Waals surface area (Å²) in [6, 6.07) is 16.7. The average molecular weight is 349 g/mol. The van der Waals surface area contributed by atoms with Crippen molar-refractivity contribution in [1.82, 2.24) is 14.5 Å². The molecule has 26 heavy (non-hydrogen) atoms. The standard InChI is InChI=1S/C21H23N3O2/c1-2-7-19-17(5-1)16-26-21(19)8-11-23(12-9-21)13-14-25-20-15-18-6-3-4-10-24(18)22-20/h1-7,10,15H,8-9,11-14,16H2. The molecule has 0 amide bonds. The fraction of sp³-hybridized carbons (Fsp3) is 0.381. The molecule has 2 aliphatic rings. The minimum atomic E-state index is -0.0600. The van der Waals surface area contributed by atoms with Crippen molar-refractivity contribution in [1.29, 1.82) is 0 Å². The number of piperidine rings is 1. The second-order valence-corrected chi connectivity index (χ2v) is 7.18. The Morgan fingerprint density at radius 2 is 1.92 bits per heavy atom. The Kier molecular flexibility index (Phi) is 3.91. The summed E-state index contributed by atoms with van der Waals surface area (Å²) in [5, 5.41) is 4.43. The second-order valence-electron chi connectivity index (χ2n) is 7.18. The predicted octanol–water partition coefficient (Wildman–Crippen LogP) is 3.23. The molecule has 5 rings (SSSR count). The van der Waals surface area contributed by atoms with Gasteiger partial charge < -0.3 is 9.47 Å². The van der Waals surface area contributed by atoms with Gasteiger partial charge in [-0.3, -0.25) is 4.90 Å². The fourth-order valence-corrected chi connectivity index (χ4v) is 4.20. The molecule has 1 fully saturated rings. The molecule has 0 unspecified atom stereocenters. The van der Waals surface area contributed by atoms with Crippen LogP contribution < -0.4 is 4.74 Å². The van der Waals surface area contributed by atoms with Crippen LogP contribution in [0.1, 0.15) is 24.0 Å². The Labute approximate surface area is 153 Å². The van der Waals surface area contributed by atoms with E-state index >= 15 is 0 Å². The first-order valence-corrected chi connectivity index (χ1v) is 9.34. The summed E-state index contributed by atoms with van der Waals surface area (Å²) in [7, 11) is 0. The Balaban J connectivity index is 1.16. The van der Waals surface area contributed by atoms with E-state index in [1.165, 1.54) is 11.1 Å². The Morgan fingerprint density at radius 1 is 1.08 bits per heavy atom. The van der Waals surface area contributed by atoms with E-state index in [2.05, 4.69) is 34.3 Å². The van der Waals surface area contributed by atoms with Gasteiger partial charge >= 0.3 is 0 Å². The van der Waals surface area contributed by atoms with Crippen LogP contribution in [-0.2, 0) is 16.9 Å². The first kappa shape index (κ1) is 15.9. The van der Waals surface area contributed by atoms with E-state index in [1.54, 1.807) is 0 Å². The van der Waals surface area contributed by atoms with Crippen molar-refractivity contribution in [3.8, 4) is 5.88 Å². The maximum absolute atomic E-state index is 6.24. The second kappa shape index (κ2) is 6.41. The number of hydrogen-bond acceptors (Lipinski definition) is 4. The molecule has 0 saturated carbocycles. The molecule has 0 aliphatic carbocycles. The topological polar surface area (TPSA) is 39.0 Å². The number of likely N-dealkylation sites (tertiary alicyclic amines) is 1. The number of pyridine rings is 1. The van der Waals surface area contributed by atoms with Gasteiger partial charge in [0.25, 0.3) is 0 Å². The molecule has 134 valence electrons. The summed E-state index contributed by atoms with van der Waals surface area (Å²) in [5.41, 5.74) is 3.76. The normalized spacial score (nSPS) is 19.1. The minimum Gasteiger partial charge on any atom is -0.475 e. The van der Waals surface area contributed by atoms with Crippen molar-refractivity contribution in [2.45, 2.75) is 25.0 Å². The third-order valence-electron chi connectivity index (χ3n) is 5.68. The molecular weight excluding hydrogens is 326 g/mol. The van der Waals surface area contributed by atoms with Crippen LogP contribution in [0.25, 0.3) is 5.52 Å². The van der Waals surface area contributed by atoms with Crippen LogP contribution >= 0.6 is 0 Å². The Bertz CT molecular complexity index is 879. The van der Waals surface area contributed by atoms with Crippen LogP contribution in [0.2, 0.25) is 0 Å². The van der Waals surface area contributed by atoms with Crippen molar-refractivity contribution in [3.63, 3.8) is 0 Å². The lowest BCUT2D eigenvalue weighted by Crippen LogP contribution is -2.43. The number of fused-ring (bicyclic) bond motifs is 3.